The molecule has 0 radical (unpaired) electrons. The molecule has 8 nitrogen and oxygen atoms in total. The van der Waals surface area contributed by atoms with E-state index < -0.39 is 29.2 Å². The van der Waals surface area contributed by atoms with Crippen molar-refractivity contribution in [3.8, 4) is 0 Å². The largest absolute Gasteiger partial charge is 0.457 e. The summed E-state index contributed by atoms with van der Waals surface area (Å²) in [5, 5.41) is 10.7. The molecule has 0 aliphatic carbocycles. The van der Waals surface area contributed by atoms with Crippen LogP contribution in [0.15, 0.2) is 48.5 Å². The summed E-state index contributed by atoms with van der Waals surface area (Å²) in [6, 6.07) is 12.8. The van der Waals surface area contributed by atoms with Crippen molar-refractivity contribution in [1.29, 1.82) is 0 Å². The lowest BCUT2D eigenvalue weighted by atomic mass is 9.98. The Morgan fingerprint density at radius 1 is 1.16 bits per heavy atom. The maximum absolute atomic E-state index is 12.4. The number of carbonyl (C=O) groups excluding carboxylic acids is 3. The Bertz CT molecular complexity index is 984. The molecule has 1 amide bonds. The molecule has 0 bridgehead atoms. The van der Waals surface area contributed by atoms with Gasteiger partial charge in [0.2, 0.25) is 5.91 Å². The fourth-order valence-corrected chi connectivity index (χ4v) is 3.44. The van der Waals surface area contributed by atoms with Crippen molar-refractivity contribution in [3.05, 3.63) is 69.8 Å². The summed E-state index contributed by atoms with van der Waals surface area (Å²) < 4.78 is 5.12. The van der Waals surface area contributed by atoms with E-state index >= 15 is 0 Å². The van der Waals surface area contributed by atoms with Crippen LogP contribution in [0.2, 0.25) is 0 Å². The van der Waals surface area contributed by atoms with Crippen molar-refractivity contribution in [1.82, 2.24) is 0 Å². The van der Waals surface area contributed by atoms with Crippen LogP contribution in [0.3, 0.4) is 0 Å². The number of rotatable bonds is 8. The highest BCUT2D eigenvalue weighted by molar-refractivity contribution is 6.01. The van der Waals surface area contributed by atoms with E-state index in [1.807, 2.05) is 24.3 Å². The molecule has 0 aromatic heterocycles. The van der Waals surface area contributed by atoms with Gasteiger partial charge in [0, 0.05) is 36.3 Å². The maximum Gasteiger partial charge on any atom is 0.311 e. The summed E-state index contributed by atoms with van der Waals surface area (Å²) in [5.41, 5.74) is 2.01. The number of nitro groups is 1. The molecule has 1 aliphatic heterocycles. The first-order chi connectivity index (χ1) is 14.8. The summed E-state index contributed by atoms with van der Waals surface area (Å²) >= 11 is 0. The summed E-state index contributed by atoms with van der Waals surface area (Å²) in [6.45, 7) is 3.97. The van der Waals surface area contributed by atoms with Gasteiger partial charge in [-0.05, 0) is 42.2 Å². The van der Waals surface area contributed by atoms with Crippen molar-refractivity contribution in [2.45, 2.75) is 32.6 Å². The van der Waals surface area contributed by atoms with Crippen LogP contribution in [0.25, 0.3) is 0 Å². The van der Waals surface area contributed by atoms with Crippen molar-refractivity contribution in [3.63, 3.8) is 0 Å². The molecule has 1 saturated heterocycles. The van der Waals surface area contributed by atoms with Gasteiger partial charge in [-0.3, -0.25) is 24.5 Å². The molecule has 1 fully saturated rings. The molecular weight excluding hydrogens is 400 g/mol. The number of ether oxygens (including phenoxy) is 1. The van der Waals surface area contributed by atoms with Crippen LogP contribution < -0.4 is 4.90 Å². The third-order valence-corrected chi connectivity index (χ3v) is 5.59. The third kappa shape index (κ3) is 5.14. The van der Waals surface area contributed by atoms with Gasteiger partial charge >= 0.3 is 5.97 Å². The summed E-state index contributed by atoms with van der Waals surface area (Å²) in [5.74, 6) is -1.46. The van der Waals surface area contributed by atoms with Crippen LogP contribution in [0.5, 0.6) is 0 Å². The van der Waals surface area contributed by atoms with Gasteiger partial charge < -0.3 is 9.64 Å². The molecular formula is C23H24N2O6. The SMILES string of the molecule is CC[C@@H](C)c1ccc(N2C[C@H](C(=O)OCC(=O)c3ccc([N+](=O)[O-])cc3)CC2=O)cc1. The number of ketones is 1. The first kappa shape index (κ1) is 22.1. The normalized spacial score (nSPS) is 16.8. The van der Waals surface area contributed by atoms with Crippen LogP contribution in [-0.4, -0.2) is 35.7 Å². The zero-order chi connectivity index (χ0) is 22.5. The van der Waals surface area contributed by atoms with Crippen LogP contribution in [-0.2, 0) is 14.3 Å². The van der Waals surface area contributed by atoms with Gasteiger partial charge in [0.15, 0.2) is 12.4 Å². The Morgan fingerprint density at radius 2 is 1.81 bits per heavy atom. The number of amides is 1. The summed E-state index contributed by atoms with van der Waals surface area (Å²) in [4.78, 5) is 48.7. The zero-order valence-corrected chi connectivity index (χ0v) is 17.4. The molecule has 2 aromatic carbocycles. The molecule has 0 unspecified atom stereocenters. The number of benzene rings is 2. The van der Waals surface area contributed by atoms with E-state index in [9.17, 15) is 24.5 Å². The number of hydrogen-bond acceptors (Lipinski definition) is 6. The lowest BCUT2D eigenvalue weighted by Gasteiger charge is -2.18. The fraction of sp³-hybridized carbons (Fsp3) is 0.348. The van der Waals surface area contributed by atoms with Crippen LogP contribution >= 0.6 is 0 Å². The van der Waals surface area contributed by atoms with E-state index in [0.29, 0.717) is 5.92 Å². The first-order valence-corrected chi connectivity index (χ1v) is 10.1. The quantitative estimate of drug-likeness (QED) is 0.275. The Balaban J connectivity index is 1.56. The summed E-state index contributed by atoms with van der Waals surface area (Å²) in [7, 11) is 0. The van der Waals surface area contributed by atoms with Gasteiger partial charge in [-0.15, -0.1) is 0 Å². The number of nitrogens with zero attached hydrogens (tertiary/aromatic N) is 2. The average Bonchev–Trinajstić information content (AvgIpc) is 3.18. The van der Waals surface area contributed by atoms with E-state index in [0.717, 1.165) is 12.1 Å². The number of carbonyl (C=O) groups is 3. The molecule has 162 valence electrons. The predicted molar refractivity (Wildman–Crippen MR) is 114 cm³/mol. The molecule has 2 aromatic rings. The number of nitro benzene ring substituents is 1. The molecule has 1 heterocycles. The molecule has 31 heavy (non-hydrogen) atoms. The third-order valence-electron chi connectivity index (χ3n) is 5.59. The molecule has 0 N–H and O–H groups in total. The number of hydrogen-bond donors (Lipinski definition) is 0. The van der Waals surface area contributed by atoms with Crippen molar-refractivity contribution in [2.24, 2.45) is 5.92 Å². The minimum Gasteiger partial charge on any atom is -0.457 e. The zero-order valence-electron chi connectivity index (χ0n) is 17.4. The van der Waals surface area contributed by atoms with Crippen LogP contribution in [0.4, 0.5) is 11.4 Å². The second kappa shape index (κ2) is 9.51. The molecule has 0 spiro atoms. The van der Waals surface area contributed by atoms with E-state index in [4.69, 9.17) is 4.74 Å². The van der Waals surface area contributed by atoms with Gasteiger partial charge in [0.05, 0.1) is 10.8 Å². The van der Waals surface area contributed by atoms with Crippen LogP contribution in [0.1, 0.15) is 48.5 Å². The molecule has 0 saturated carbocycles. The summed E-state index contributed by atoms with van der Waals surface area (Å²) in [6.07, 6.45) is 1.05. The Kier molecular flexibility index (Phi) is 6.79. The number of non-ortho nitro benzene ring substituents is 1. The predicted octanol–water partition coefficient (Wildman–Crippen LogP) is 3.89. The number of anilines is 1. The number of esters is 1. The van der Waals surface area contributed by atoms with E-state index in [1.165, 1.54) is 29.8 Å². The Labute approximate surface area is 180 Å². The van der Waals surface area contributed by atoms with Crippen LogP contribution in [0, 0.1) is 16.0 Å². The minimum absolute atomic E-state index is 0.0255. The second-order valence-electron chi connectivity index (χ2n) is 7.64. The minimum atomic E-state index is -0.647. The smallest absolute Gasteiger partial charge is 0.311 e. The highest BCUT2D eigenvalue weighted by atomic mass is 16.6. The molecule has 1 aliphatic rings. The first-order valence-electron chi connectivity index (χ1n) is 10.1. The molecule has 8 heteroatoms. The second-order valence-corrected chi connectivity index (χ2v) is 7.64. The maximum atomic E-state index is 12.4. The van der Waals surface area contributed by atoms with E-state index in [2.05, 4.69) is 13.8 Å². The monoisotopic (exact) mass is 424 g/mol. The van der Waals surface area contributed by atoms with Crippen molar-refractivity contribution >= 4 is 29.0 Å². The Morgan fingerprint density at radius 3 is 2.39 bits per heavy atom. The van der Waals surface area contributed by atoms with Gasteiger partial charge in [-0.25, -0.2) is 0 Å². The highest BCUT2D eigenvalue weighted by Crippen LogP contribution is 2.28. The Hall–Kier alpha value is -3.55. The molecule has 2 atom stereocenters. The lowest BCUT2D eigenvalue weighted by molar-refractivity contribution is -0.384. The van der Waals surface area contributed by atoms with Crippen molar-refractivity contribution < 1.29 is 24.0 Å². The fourth-order valence-electron chi connectivity index (χ4n) is 3.44. The lowest BCUT2D eigenvalue weighted by Crippen LogP contribution is -2.27. The number of Topliss-reactive ketones (excluding diaryl/α,β-unsaturated/α-hetero) is 1. The highest BCUT2D eigenvalue weighted by Gasteiger charge is 2.36. The van der Waals surface area contributed by atoms with E-state index in [-0.39, 0.29) is 30.1 Å². The van der Waals surface area contributed by atoms with Gasteiger partial charge in [0.25, 0.3) is 5.69 Å². The van der Waals surface area contributed by atoms with E-state index in [1.54, 1.807) is 4.90 Å². The standard InChI is InChI=1S/C23H24N2O6/c1-3-15(2)16-4-8-19(9-5-16)24-13-18(12-22(24)27)23(28)31-14-21(26)17-6-10-20(11-7-17)25(29)30/h4-11,15,18H,3,12-14H2,1-2H3/t15-,18-/m1/s1. The van der Waals surface area contributed by atoms with Gasteiger partial charge in [0.1, 0.15) is 0 Å². The molecule has 3 rings (SSSR count). The topological polar surface area (TPSA) is 107 Å². The van der Waals surface area contributed by atoms with Crippen molar-refractivity contribution in [2.75, 3.05) is 18.1 Å². The van der Waals surface area contributed by atoms with Gasteiger partial charge in [-0.1, -0.05) is 26.0 Å². The van der Waals surface area contributed by atoms with Gasteiger partial charge in [-0.2, -0.15) is 0 Å². The average molecular weight is 424 g/mol.